The Morgan fingerprint density at radius 3 is 2.80 bits per heavy atom. The first kappa shape index (κ1) is 16.3. The van der Waals surface area contributed by atoms with Crippen LogP contribution in [0.15, 0.2) is 47.1 Å². The van der Waals surface area contributed by atoms with Gasteiger partial charge in [-0.3, -0.25) is 9.69 Å². The number of furan rings is 1. The van der Waals surface area contributed by atoms with E-state index in [1.807, 2.05) is 36.4 Å². The number of fused-ring (bicyclic) bond motifs is 1. The molecule has 1 amide bonds. The predicted octanol–water partition coefficient (Wildman–Crippen LogP) is 3.85. The molecule has 130 valence electrons. The second kappa shape index (κ2) is 7.37. The molecule has 1 N–H and O–H groups in total. The van der Waals surface area contributed by atoms with Crippen LogP contribution in [-0.4, -0.2) is 35.4 Å². The minimum atomic E-state index is -0.116. The number of piperidine rings is 1. The summed E-state index contributed by atoms with van der Waals surface area (Å²) in [4.78, 5) is 19.4. The Balaban J connectivity index is 1.47. The first-order chi connectivity index (χ1) is 12.3. The largest absolute Gasteiger partial charge is 0.468 e. The summed E-state index contributed by atoms with van der Waals surface area (Å²) in [6.07, 6.45) is 5.37. The molecule has 0 aliphatic carbocycles. The van der Waals surface area contributed by atoms with Crippen molar-refractivity contribution in [2.45, 2.75) is 25.3 Å². The van der Waals surface area contributed by atoms with Crippen molar-refractivity contribution in [1.82, 2.24) is 15.2 Å². The van der Waals surface area contributed by atoms with Crippen LogP contribution in [0.3, 0.4) is 0 Å². The van der Waals surface area contributed by atoms with Gasteiger partial charge in [0.15, 0.2) is 5.01 Å². The second-order valence-corrected chi connectivity index (χ2v) is 7.36. The summed E-state index contributed by atoms with van der Waals surface area (Å²) in [6.45, 7) is 2.62. The molecule has 1 atom stereocenters. The number of carbonyl (C=O) groups is 1. The summed E-state index contributed by atoms with van der Waals surface area (Å²) in [7, 11) is 0. The maximum Gasteiger partial charge on any atom is 0.280 e. The van der Waals surface area contributed by atoms with E-state index in [9.17, 15) is 4.79 Å². The standard InChI is InChI=1S/C19H21N3O2S/c23-18(19-21-14-7-2-3-9-17(14)25-19)20-13-15(16-8-6-12-24-16)22-10-4-1-5-11-22/h2-3,6-9,12,15H,1,4-5,10-11,13H2,(H,20,23)/t15-/m1/s1. The molecule has 3 heterocycles. The number of nitrogens with one attached hydrogen (secondary N) is 1. The van der Waals surface area contributed by atoms with Gasteiger partial charge in [0.1, 0.15) is 5.76 Å². The molecule has 1 saturated heterocycles. The van der Waals surface area contributed by atoms with Crippen LogP contribution in [0.1, 0.15) is 40.9 Å². The maximum atomic E-state index is 12.6. The fourth-order valence-electron chi connectivity index (χ4n) is 3.35. The monoisotopic (exact) mass is 355 g/mol. The summed E-state index contributed by atoms with van der Waals surface area (Å²) >= 11 is 1.43. The number of amides is 1. The molecule has 1 aliphatic heterocycles. The van der Waals surface area contributed by atoms with Gasteiger partial charge in [-0.05, 0) is 50.2 Å². The Hall–Kier alpha value is -2.18. The Morgan fingerprint density at radius 1 is 1.20 bits per heavy atom. The summed E-state index contributed by atoms with van der Waals surface area (Å²) in [5.41, 5.74) is 0.872. The predicted molar refractivity (Wildman–Crippen MR) is 98.8 cm³/mol. The molecular weight excluding hydrogens is 334 g/mol. The number of hydrogen-bond donors (Lipinski definition) is 1. The molecule has 0 spiro atoms. The van der Waals surface area contributed by atoms with Crippen molar-refractivity contribution in [2.24, 2.45) is 0 Å². The van der Waals surface area contributed by atoms with E-state index in [-0.39, 0.29) is 11.9 Å². The zero-order chi connectivity index (χ0) is 17.1. The maximum absolute atomic E-state index is 12.6. The van der Waals surface area contributed by atoms with Gasteiger partial charge in [-0.15, -0.1) is 11.3 Å². The first-order valence-electron chi connectivity index (χ1n) is 8.72. The van der Waals surface area contributed by atoms with Crippen LogP contribution in [0, 0.1) is 0 Å². The fraction of sp³-hybridized carbons (Fsp3) is 0.368. The van der Waals surface area contributed by atoms with Gasteiger partial charge in [-0.25, -0.2) is 4.98 Å². The number of rotatable bonds is 5. The average molecular weight is 355 g/mol. The van der Waals surface area contributed by atoms with Gasteiger partial charge < -0.3 is 9.73 Å². The van der Waals surface area contributed by atoms with E-state index in [1.165, 1.54) is 30.6 Å². The van der Waals surface area contributed by atoms with Gasteiger partial charge in [0.05, 0.1) is 22.5 Å². The molecule has 25 heavy (non-hydrogen) atoms. The minimum absolute atomic E-state index is 0.0774. The van der Waals surface area contributed by atoms with Gasteiger partial charge in [-0.2, -0.15) is 0 Å². The van der Waals surface area contributed by atoms with Gasteiger partial charge in [-0.1, -0.05) is 18.6 Å². The van der Waals surface area contributed by atoms with Crippen molar-refractivity contribution in [3.05, 3.63) is 53.4 Å². The third-order valence-corrected chi connectivity index (χ3v) is 5.68. The van der Waals surface area contributed by atoms with E-state index in [4.69, 9.17) is 4.42 Å². The smallest absolute Gasteiger partial charge is 0.280 e. The molecule has 5 nitrogen and oxygen atoms in total. The number of carbonyl (C=O) groups excluding carboxylic acids is 1. The number of para-hydroxylation sites is 1. The molecule has 0 bridgehead atoms. The molecule has 0 radical (unpaired) electrons. The quantitative estimate of drug-likeness (QED) is 0.755. The highest BCUT2D eigenvalue weighted by atomic mass is 32.1. The lowest BCUT2D eigenvalue weighted by atomic mass is 10.1. The molecule has 4 rings (SSSR count). The fourth-order valence-corrected chi connectivity index (χ4v) is 4.24. The van der Waals surface area contributed by atoms with E-state index in [2.05, 4.69) is 15.2 Å². The van der Waals surface area contributed by atoms with Gasteiger partial charge in [0.2, 0.25) is 0 Å². The van der Waals surface area contributed by atoms with Crippen molar-refractivity contribution < 1.29 is 9.21 Å². The van der Waals surface area contributed by atoms with Gasteiger partial charge >= 0.3 is 0 Å². The molecule has 0 unspecified atom stereocenters. The first-order valence-corrected chi connectivity index (χ1v) is 9.54. The summed E-state index contributed by atoms with van der Waals surface area (Å²) in [5, 5.41) is 3.56. The average Bonchev–Trinajstić information content (AvgIpc) is 3.32. The number of aromatic nitrogens is 1. The van der Waals surface area contributed by atoms with E-state index in [0.717, 1.165) is 29.1 Å². The molecule has 2 aromatic heterocycles. The highest BCUT2D eigenvalue weighted by Crippen LogP contribution is 2.25. The summed E-state index contributed by atoms with van der Waals surface area (Å²) in [5.74, 6) is 0.793. The van der Waals surface area contributed by atoms with Crippen LogP contribution >= 0.6 is 11.3 Å². The van der Waals surface area contributed by atoms with Crippen LogP contribution in [0.25, 0.3) is 10.2 Å². The van der Waals surface area contributed by atoms with Crippen molar-refractivity contribution >= 4 is 27.5 Å². The summed E-state index contributed by atoms with van der Waals surface area (Å²) < 4.78 is 6.66. The molecule has 6 heteroatoms. The highest BCUT2D eigenvalue weighted by Gasteiger charge is 2.25. The van der Waals surface area contributed by atoms with E-state index >= 15 is 0 Å². The van der Waals surface area contributed by atoms with Crippen molar-refractivity contribution in [1.29, 1.82) is 0 Å². The zero-order valence-electron chi connectivity index (χ0n) is 14.0. The number of nitrogens with zero attached hydrogens (tertiary/aromatic N) is 2. The highest BCUT2D eigenvalue weighted by molar-refractivity contribution is 7.20. The third kappa shape index (κ3) is 3.60. The molecule has 1 fully saturated rings. The topological polar surface area (TPSA) is 58.4 Å². The van der Waals surface area contributed by atoms with Gasteiger partial charge in [0, 0.05) is 6.54 Å². The van der Waals surface area contributed by atoms with E-state index < -0.39 is 0 Å². The SMILES string of the molecule is O=C(NC[C@H](c1ccco1)N1CCCCC1)c1nc2ccccc2s1. The Labute approximate surface area is 150 Å². The lowest BCUT2D eigenvalue weighted by Crippen LogP contribution is -2.40. The summed E-state index contributed by atoms with van der Waals surface area (Å²) in [6, 6.07) is 11.8. The Morgan fingerprint density at radius 2 is 2.04 bits per heavy atom. The number of thiazole rings is 1. The Kier molecular flexibility index (Phi) is 4.81. The van der Waals surface area contributed by atoms with Crippen LogP contribution in [-0.2, 0) is 0 Å². The molecule has 0 saturated carbocycles. The van der Waals surface area contributed by atoms with Crippen molar-refractivity contribution in [2.75, 3.05) is 19.6 Å². The molecule has 1 aliphatic rings. The second-order valence-electron chi connectivity index (χ2n) is 6.32. The molecule has 3 aromatic rings. The molecule has 1 aromatic carbocycles. The lowest BCUT2D eigenvalue weighted by molar-refractivity contribution is 0.0914. The molecular formula is C19H21N3O2S. The van der Waals surface area contributed by atoms with Crippen LogP contribution in [0.5, 0.6) is 0 Å². The number of benzene rings is 1. The Bertz CT molecular complexity index is 804. The number of hydrogen-bond acceptors (Lipinski definition) is 5. The van der Waals surface area contributed by atoms with Gasteiger partial charge in [0.25, 0.3) is 5.91 Å². The van der Waals surface area contributed by atoms with E-state index in [0.29, 0.717) is 11.6 Å². The van der Waals surface area contributed by atoms with Crippen molar-refractivity contribution in [3.63, 3.8) is 0 Å². The van der Waals surface area contributed by atoms with Crippen LogP contribution in [0.4, 0.5) is 0 Å². The van der Waals surface area contributed by atoms with Crippen LogP contribution in [0.2, 0.25) is 0 Å². The number of likely N-dealkylation sites (tertiary alicyclic amines) is 1. The lowest BCUT2D eigenvalue weighted by Gasteiger charge is -2.33. The zero-order valence-corrected chi connectivity index (χ0v) is 14.8. The normalized spacial score (nSPS) is 16.8. The third-order valence-electron chi connectivity index (χ3n) is 4.65. The van der Waals surface area contributed by atoms with Crippen molar-refractivity contribution in [3.8, 4) is 0 Å². The van der Waals surface area contributed by atoms with Crippen LogP contribution < -0.4 is 5.32 Å². The van der Waals surface area contributed by atoms with E-state index in [1.54, 1.807) is 6.26 Å². The minimum Gasteiger partial charge on any atom is -0.468 e.